The summed E-state index contributed by atoms with van der Waals surface area (Å²) in [7, 11) is 0. The Morgan fingerprint density at radius 1 is 1.09 bits per heavy atom. The predicted octanol–water partition coefficient (Wildman–Crippen LogP) is 4.09. The first-order valence-electron chi connectivity index (χ1n) is 11.2. The van der Waals surface area contributed by atoms with Gasteiger partial charge in [-0.2, -0.15) is 0 Å². The van der Waals surface area contributed by atoms with Crippen LogP contribution in [-0.2, 0) is 11.3 Å². The summed E-state index contributed by atoms with van der Waals surface area (Å²) in [5.41, 5.74) is 3.76. The van der Waals surface area contributed by atoms with Gasteiger partial charge in [-0.15, -0.1) is 10.2 Å². The number of aliphatic carboxylic acids is 1. The Kier molecular flexibility index (Phi) is 5.95. The Balaban J connectivity index is 1.30. The maximum atomic E-state index is 13.3. The molecule has 0 radical (unpaired) electrons. The van der Waals surface area contributed by atoms with Gasteiger partial charge in [0.05, 0.1) is 5.92 Å². The number of hydrogen-bond acceptors (Lipinski definition) is 6. The van der Waals surface area contributed by atoms with Crippen LogP contribution in [0.2, 0.25) is 0 Å². The average Bonchev–Trinajstić information content (AvgIpc) is 3.48. The molecule has 7 nitrogen and oxygen atoms in total. The molecule has 0 atom stereocenters. The van der Waals surface area contributed by atoms with Crippen LogP contribution in [0.25, 0.3) is 10.6 Å². The molecular weight excluding hydrogens is 436 g/mol. The summed E-state index contributed by atoms with van der Waals surface area (Å²) < 4.78 is 0. The second kappa shape index (κ2) is 9.03. The third-order valence-corrected chi connectivity index (χ3v) is 7.31. The van der Waals surface area contributed by atoms with Gasteiger partial charge in [-0.05, 0) is 42.9 Å². The summed E-state index contributed by atoms with van der Waals surface area (Å²) in [4.78, 5) is 28.2. The van der Waals surface area contributed by atoms with E-state index in [9.17, 15) is 9.59 Å². The summed E-state index contributed by atoms with van der Waals surface area (Å²) >= 11 is 1.44. The van der Waals surface area contributed by atoms with E-state index in [2.05, 4.69) is 15.1 Å². The Hall–Kier alpha value is -3.10. The van der Waals surface area contributed by atoms with Crippen molar-refractivity contribution in [2.75, 3.05) is 24.5 Å². The second-order valence-corrected chi connectivity index (χ2v) is 9.95. The van der Waals surface area contributed by atoms with Gasteiger partial charge in [0.25, 0.3) is 5.91 Å². The summed E-state index contributed by atoms with van der Waals surface area (Å²) in [6, 6.07) is 15.8. The maximum absolute atomic E-state index is 13.3. The highest BCUT2D eigenvalue weighted by atomic mass is 32.1. The quantitative estimate of drug-likeness (QED) is 0.543. The standard InChI is InChI=1S/C25H26N4O3S/c1-16-4-2-3-5-21(16)23(30)29(13-18-6-7-18)25-27-26-22(33-25)19-10-8-17(9-11-19)12-28-14-20(15-28)24(31)32/h2-5,8-11,18,20H,6-7,12-15H2,1H3,(H,31,32). The molecule has 2 fully saturated rings. The molecule has 33 heavy (non-hydrogen) atoms. The zero-order valence-corrected chi connectivity index (χ0v) is 19.3. The number of nitrogens with zero attached hydrogens (tertiary/aromatic N) is 4. The number of carboxylic acids is 1. The van der Waals surface area contributed by atoms with Gasteiger partial charge in [-0.1, -0.05) is 53.8 Å². The first kappa shape index (κ1) is 21.7. The molecule has 5 rings (SSSR count). The van der Waals surface area contributed by atoms with Crippen molar-refractivity contribution in [2.45, 2.75) is 26.3 Å². The van der Waals surface area contributed by atoms with Crippen molar-refractivity contribution in [3.8, 4) is 10.6 Å². The smallest absolute Gasteiger partial charge is 0.309 e. The van der Waals surface area contributed by atoms with Crippen LogP contribution in [0.5, 0.6) is 0 Å². The van der Waals surface area contributed by atoms with Crippen LogP contribution in [0.1, 0.15) is 34.3 Å². The van der Waals surface area contributed by atoms with Crippen molar-refractivity contribution < 1.29 is 14.7 Å². The van der Waals surface area contributed by atoms with E-state index in [1.54, 1.807) is 4.90 Å². The molecule has 3 aromatic rings. The molecule has 8 heteroatoms. The molecule has 2 heterocycles. The lowest BCUT2D eigenvalue weighted by atomic mass is 9.99. The fourth-order valence-corrected chi connectivity index (χ4v) is 4.93. The predicted molar refractivity (Wildman–Crippen MR) is 127 cm³/mol. The lowest BCUT2D eigenvalue weighted by Gasteiger charge is -2.36. The van der Waals surface area contributed by atoms with Crippen LogP contribution in [0.3, 0.4) is 0 Å². The van der Waals surface area contributed by atoms with E-state index in [1.165, 1.54) is 11.3 Å². The van der Waals surface area contributed by atoms with E-state index in [-0.39, 0.29) is 11.8 Å². The van der Waals surface area contributed by atoms with Crippen molar-refractivity contribution in [1.29, 1.82) is 0 Å². The minimum absolute atomic E-state index is 0.0211. The van der Waals surface area contributed by atoms with Crippen LogP contribution < -0.4 is 4.90 Å². The van der Waals surface area contributed by atoms with Crippen LogP contribution in [0.15, 0.2) is 48.5 Å². The zero-order chi connectivity index (χ0) is 22.9. The molecule has 0 unspecified atom stereocenters. The van der Waals surface area contributed by atoms with E-state index >= 15 is 0 Å². The van der Waals surface area contributed by atoms with Gasteiger partial charge in [0.2, 0.25) is 5.13 Å². The number of rotatable bonds is 8. The summed E-state index contributed by atoms with van der Waals surface area (Å²) in [5, 5.41) is 19.2. The first-order chi connectivity index (χ1) is 16.0. The highest BCUT2D eigenvalue weighted by molar-refractivity contribution is 7.18. The number of anilines is 1. The molecule has 1 amide bonds. The molecule has 2 aromatic carbocycles. The molecule has 170 valence electrons. The van der Waals surface area contributed by atoms with E-state index < -0.39 is 5.97 Å². The highest BCUT2D eigenvalue weighted by Gasteiger charge is 2.32. The first-order valence-corrected chi connectivity index (χ1v) is 12.0. The molecule has 1 aliphatic carbocycles. The molecule has 0 spiro atoms. The number of carboxylic acid groups (broad SMARTS) is 1. The maximum Gasteiger partial charge on any atom is 0.309 e. The Morgan fingerprint density at radius 2 is 1.82 bits per heavy atom. The van der Waals surface area contributed by atoms with Crippen molar-refractivity contribution in [3.05, 3.63) is 65.2 Å². The lowest BCUT2D eigenvalue weighted by molar-refractivity contribution is -0.147. The molecular formula is C25H26N4O3S. The van der Waals surface area contributed by atoms with Gasteiger partial charge in [0.15, 0.2) is 0 Å². The molecule has 2 aliphatic rings. The van der Waals surface area contributed by atoms with Gasteiger partial charge < -0.3 is 5.11 Å². The van der Waals surface area contributed by atoms with Crippen molar-refractivity contribution in [2.24, 2.45) is 11.8 Å². The van der Waals surface area contributed by atoms with Gasteiger partial charge >= 0.3 is 5.97 Å². The van der Waals surface area contributed by atoms with Gasteiger partial charge in [-0.25, -0.2) is 0 Å². The van der Waals surface area contributed by atoms with Gasteiger partial charge in [0, 0.05) is 37.3 Å². The normalized spacial score (nSPS) is 16.4. The van der Waals surface area contributed by atoms with E-state index in [4.69, 9.17) is 5.11 Å². The average molecular weight is 463 g/mol. The van der Waals surface area contributed by atoms with Crippen LogP contribution >= 0.6 is 11.3 Å². The molecule has 1 saturated heterocycles. The number of hydrogen-bond donors (Lipinski definition) is 1. The number of aromatic nitrogens is 2. The number of carbonyl (C=O) groups excluding carboxylic acids is 1. The van der Waals surface area contributed by atoms with Crippen molar-refractivity contribution >= 4 is 28.3 Å². The zero-order valence-electron chi connectivity index (χ0n) is 18.5. The fourth-order valence-electron chi connectivity index (χ4n) is 4.07. The van der Waals surface area contributed by atoms with Crippen LogP contribution in [0.4, 0.5) is 5.13 Å². The number of benzene rings is 2. The highest BCUT2D eigenvalue weighted by Crippen LogP contribution is 2.35. The van der Waals surface area contributed by atoms with Crippen molar-refractivity contribution in [1.82, 2.24) is 15.1 Å². The number of likely N-dealkylation sites (tertiary alicyclic amines) is 1. The minimum atomic E-state index is -0.717. The number of carbonyl (C=O) groups is 2. The van der Waals surface area contributed by atoms with Crippen molar-refractivity contribution in [3.63, 3.8) is 0 Å². The van der Waals surface area contributed by atoms with E-state index in [1.807, 2.05) is 55.5 Å². The molecule has 1 aromatic heterocycles. The molecule has 0 bridgehead atoms. The van der Waals surface area contributed by atoms with Gasteiger partial charge in [-0.3, -0.25) is 19.4 Å². The summed E-state index contributed by atoms with van der Waals surface area (Å²) in [6.07, 6.45) is 2.30. The topological polar surface area (TPSA) is 86.6 Å². The fraction of sp³-hybridized carbons (Fsp3) is 0.360. The van der Waals surface area contributed by atoms with Crippen LogP contribution in [0, 0.1) is 18.8 Å². The van der Waals surface area contributed by atoms with E-state index in [0.717, 1.165) is 41.1 Å². The Bertz CT molecular complexity index is 1170. The molecule has 1 N–H and O–H groups in total. The Labute approximate surface area is 196 Å². The van der Waals surface area contributed by atoms with E-state index in [0.29, 0.717) is 36.2 Å². The van der Waals surface area contributed by atoms with Crippen LogP contribution in [-0.4, -0.2) is 51.7 Å². The summed E-state index contributed by atoms with van der Waals surface area (Å²) in [5.74, 6) is -0.450. The summed E-state index contributed by atoms with van der Waals surface area (Å²) in [6.45, 7) is 4.57. The molecule has 1 saturated carbocycles. The number of amides is 1. The monoisotopic (exact) mass is 462 g/mol. The SMILES string of the molecule is Cc1ccccc1C(=O)N(CC1CC1)c1nnc(-c2ccc(CN3CC(C(=O)O)C3)cc2)s1. The van der Waals surface area contributed by atoms with Gasteiger partial charge in [0.1, 0.15) is 5.01 Å². The second-order valence-electron chi connectivity index (χ2n) is 8.99. The third-order valence-electron chi connectivity index (χ3n) is 6.32. The molecule has 1 aliphatic heterocycles. The minimum Gasteiger partial charge on any atom is -0.481 e. The third kappa shape index (κ3) is 4.82. The lowest BCUT2D eigenvalue weighted by Crippen LogP contribution is -2.49. The number of aryl methyl sites for hydroxylation is 1. The largest absolute Gasteiger partial charge is 0.481 e. The Morgan fingerprint density at radius 3 is 2.48 bits per heavy atom.